The Hall–Kier alpha value is -0.910. The Morgan fingerprint density at radius 2 is 2.30 bits per heavy atom. The van der Waals surface area contributed by atoms with Gasteiger partial charge in [0.05, 0.1) is 16.3 Å². The summed E-state index contributed by atoms with van der Waals surface area (Å²) >= 11 is 7.71. The molecule has 0 radical (unpaired) electrons. The van der Waals surface area contributed by atoms with Crippen molar-refractivity contribution in [3.8, 4) is 0 Å². The van der Waals surface area contributed by atoms with Gasteiger partial charge < -0.3 is 15.7 Å². The molecule has 2 rings (SSSR count). The average molecular weight is 315 g/mol. The molecule has 0 heterocycles. The fourth-order valence-electron chi connectivity index (χ4n) is 2.20. The molecule has 6 heteroatoms. The summed E-state index contributed by atoms with van der Waals surface area (Å²) in [6.07, 6.45) is 1.74. The summed E-state index contributed by atoms with van der Waals surface area (Å²) in [6, 6.07) is 6.70. The number of hydrogen-bond donors (Lipinski definition) is 3. The van der Waals surface area contributed by atoms with Gasteiger partial charge in [0.25, 0.3) is 0 Å². The van der Waals surface area contributed by atoms with E-state index in [1.165, 1.54) is 0 Å². The first-order valence-corrected chi connectivity index (χ1v) is 8.11. The molecule has 0 saturated heterocycles. The number of hydrogen-bond acceptors (Lipinski definition) is 3. The van der Waals surface area contributed by atoms with Gasteiger partial charge in [0.1, 0.15) is 0 Å². The fraction of sp³-hybridized carbons (Fsp3) is 0.500. The van der Waals surface area contributed by atoms with Crippen LogP contribution in [0.2, 0.25) is 5.02 Å². The molecule has 1 aromatic carbocycles. The number of urea groups is 1. The predicted molar refractivity (Wildman–Crippen MR) is 84.6 cm³/mol. The van der Waals surface area contributed by atoms with Crippen LogP contribution in [0.25, 0.3) is 0 Å². The van der Waals surface area contributed by atoms with Crippen molar-refractivity contribution < 1.29 is 9.90 Å². The van der Waals surface area contributed by atoms with E-state index in [4.69, 9.17) is 11.6 Å². The van der Waals surface area contributed by atoms with E-state index >= 15 is 0 Å². The fourth-order valence-corrected chi connectivity index (χ4v) is 3.58. The molecule has 0 aliphatic heterocycles. The highest BCUT2D eigenvalue weighted by atomic mass is 35.5. The Bertz CT molecular complexity index is 486. The van der Waals surface area contributed by atoms with Crippen LogP contribution in [0.4, 0.5) is 10.5 Å². The van der Waals surface area contributed by atoms with Crippen LogP contribution in [0, 0.1) is 0 Å². The van der Waals surface area contributed by atoms with Gasteiger partial charge in [0, 0.05) is 11.8 Å². The monoisotopic (exact) mass is 314 g/mol. The van der Waals surface area contributed by atoms with Crippen molar-refractivity contribution in [2.45, 2.75) is 30.6 Å². The number of anilines is 1. The van der Waals surface area contributed by atoms with E-state index in [1.54, 1.807) is 36.0 Å². The van der Waals surface area contributed by atoms with Crippen molar-refractivity contribution in [2.24, 2.45) is 0 Å². The van der Waals surface area contributed by atoms with Gasteiger partial charge in [-0.25, -0.2) is 4.79 Å². The van der Waals surface area contributed by atoms with Crippen LogP contribution in [0.15, 0.2) is 24.3 Å². The molecule has 2 amide bonds. The maximum absolute atomic E-state index is 11.8. The SMILES string of the molecule is CCS[C@@H]1CC[C@@]1(O)CNC(=O)Nc1ccccc1Cl. The topological polar surface area (TPSA) is 61.4 Å². The second kappa shape index (κ2) is 6.70. The highest BCUT2D eigenvalue weighted by Gasteiger charge is 2.45. The third-order valence-corrected chi connectivity index (χ3v) is 5.22. The summed E-state index contributed by atoms with van der Waals surface area (Å²) in [4.78, 5) is 11.8. The second-order valence-electron chi connectivity index (χ2n) is 4.87. The molecular weight excluding hydrogens is 296 g/mol. The number of carbonyl (C=O) groups is 1. The van der Waals surface area contributed by atoms with Crippen LogP contribution < -0.4 is 10.6 Å². The number of carbonyl (C=O) groups excluding carboxylic acids is 1. The largest absolute Gasteiger partial charge is 0.387 e. The summed E-state index contributed by atoms with van der Waals surface area (Å²) < 4.78 is 0. The van der Waals surface area contributed by atoms with Crippen molar-refractivity contribution in [3.63, 3.8) is 0 Å². The van der Waals surface area contributed by atoms with Crippen LogP contribution in [-0.2, 0) is 0 Å². The van der Waals surface area contributed by atoms with Gasteiger partial charge >= 0.3 is 6.03 Å². The minimum atomic E-state index is -0.779. The van der Waals surface area contributed by atoms with Crippen LogP contribution >= 0.6 is 23.4 Å². The van der Waals surface area contributed by atoms with Gasteiger partial charge in [-0.15, -0.1) is 0 Å². The zero-order valence-electron chi connectivity index (χ0n) is 11.4. The third kappa shape index (κ3) is 3.59. The van der Waals surface area contributed by atoms with Crippen LogP contribution in [0.1, 0.15) is 19.8 Å². The number of benzene rings is 1. The molecule has 2 atom stereocenters. The molecule has 1 aliphatic rings. The zero-order valence-corrected chi connectivity index (χ0v) is 12.9. The van der Waals surface area contributed by atoms with Crippen molar-refractivity contribution >= 4 is 35.1 Å². The zero-order chi connectivity index (χ0) is 14.6. The third-order valence-electron chi connectivity index (χ3n) is 3.48. The van der Waals surface area contributed by atoms with Gasteiger partial charge in [-0.1, -0.05) is 30.7 Å². The molecule has 0 aromatic heterocycles. The van der Waals surface area contributed by atoms with E-state index in [0.717, 1.165) is 18.6 Å². The number of halogens is 1. The summed E-state index contributed by atoms with van der Waals surface area (Å²) in [5.74, 6) is 0.971. The van der Waals surface area contributed by atoms with Crippen molar-refractivity contribution in [3.05, 3.63) is 29.3 Å². The molecule has 1 aromatic rings. The number of thioether (sulfide) groups is 1. The Labute approximate surface area is 128 Å². The standard InChI is InChI=1S/C14H19ClN2O2S/c1-2-20-12-7-8-14(12,19)9-16-13(18)17-11-6-4-3-5-10(11)15/h3-6,12,19H,2,7-9H2,1H3,(H2,16,17,18)/t12-,14-/m1/s1. The number of rotatable bonds is 5. The Morgan fingerprint density at radius 1 is 1.55 bits per heavy atom. The molecule has 110 valence electrons. The lowest BCUT2D eigenvalue weighted by Crippen LogP contribution is -2.57. The highest BCUT2D eigenvalue weighted by Crippen LogP contribution is 2.40. The van der Waals surface area contributed by atoms with Gasteiger partial charge in [-0.2, -0.15) is 11.8 Å². The lowest BCUT2D eigenvalue weighted by atomic mass is 9.79. The average Bonchev–Trinajstić information content (AvgIpc) is 2.43. The lowest BCUT2D eigenvalue weighted by Gasteiger charge is -2.44. The predicted octanol–water partition coefficient (Wildman–Crippen LogP) is 3.11. The Balaban J connectivity index is 1.82. The van der Waals surface area contributed by atoms with E-state index in [1.807, 2.05) is 0 Å². The van der Waals surface area contributed by atoms with Crippen molar-refractivity contribution in [2.75, 3.05) is 17.6 Å². The van der Waals surface area contributed by atoms with Crippen molar-refractivity contribution in [1.82, 2.24) is 5.32 Å². The molecule has 0 spiro atoms. The quantitative estimate of drug-likeness (QED) is 0.782. The first-order valence-electron chi connectivity index (χ1n) is 6.68. The lowest BCUT2D eigenvalue weighted by molar-refractivity contribution is -0.0206. The summed E-state index contributed by atoms with van der Waals surface area (Å²) in [5.41, 5.74) is -0.217. The molecular formula is C14H19ClN2O2S. The highest BCUT2D eigenvalue weighted by molar-refractivity contribution is 8.00. The molecule has 4 nitrogen and oxygen atoms in total. The molecule has 1 saturated carbocycles. The number of nitrogens with one attached hydrogen (secondary N) is 2. The normalized spacial score (nSPS) is 24.9. The Morgan fingerprint density at radius 3 is 2.90 bits per heavy atom. The van der Waals surface area contributed by atoms with Crippen LogP contribution in [0.3, 0.4) is 0 Å². The van der Waals surface area contributed by atoms with E-state index in [-0.39, 0.29) is 17.8 Å². The smallest absolute Gasteiger partial charge is 0.319 e. The summed E-state index contributed by atoms with van der Waals surface area (Å²) in [6.45, 7) is 2.34. The minimum absolute atomic E-state index is 0.216. The van der Waals surface area contributed by atoms with Crippen LogP contribution in [0.5, 0.6) is 0 Å². The van der Waals surface area contributed by atoms with E-state index in [0.29, 0.717) is 10.7 Å². The second-order valence-corrected chi connectivity index (χ2v) is 6.76. The van der Waals surface area contributed by atoms with E-state index in [2.05, 4.69) is 17.6 Å². The Kier molecular flexibility index (Phi) is 5.18. The first-order chi connectivity index (χ1) is 9.55. The van der Waals surface area contributed by atoms with E-state index in [9.17, 15) is 9.90 Å². The molecule has 3 N–H and O–H groups in total. The number of amides is 2. The van der Waals surface area contributed by atoms with Gasteiger partial charge in [-0.3, -0.25) is 0 Å². The maximum atomic E-state index is 11.8. The molecule has 0 bridgehead atoms. The summed E-state index contributed by atoms with van der Waals surface area (Å²) in [7, 11) is 0. The van der Waals surface area contributed by atoms with E-state index < -0.39 is 5.60 Å². The minimum Gasteiger partial charge on any atom is -0.387 e. The van der Waals surface area contributed by atoms with Gasteiger partial charge in [0.15, 0.2) is 0 Å². The molecule has 20 heavy (non-hydrogen) atoms. The van der Waals surface area contributed by atoms with Gasteiger partial charge in [0.2, 0.25) is 0 Å². The molecule has 0 unspecified atom stereocenters. The number of para-hydroxylation sites is 1. The van der Waals surface area contributed by atoms with Crippen molar-refractivity contribution in [1.29, 1.82) is 0 Å². The summed E-state index contributed by atoms with van der Waals surface area (Å²) in [5, 5.41) is 16.5. The van der Waals surface area contributed by atoms with Crippen LogP contribution in [-0.4, -0.2) is 34.3 Å². The maximum Gasteiger partial charge on any atom is 0.319 e. The molecule has 1 aliphatic carbocycles. The number of aliphatic hydroxyl groups is 1. The first kappa shape index (κ1) is 15.5. The van der Waals surface area contributed by atoms with Gasteiger partial charge in [-0.05, 0) is 30.7 Å². The molecule has 1 fully saturated rings.